The molecule has 0 radical (unpaired) electrons. The summed E-state index contributed by atoms with van der Waals surface area (Å²) < 4.78 is 5.64. The summed E-state index contributed by atoms with van der Waals surface area (Å²) in [4.78, 5) is 32.0. The molecule has 188 valence electrons. The molecule has 2 heterocycles. The molecule has 9 heteroatoms. The highest BCUT2D eigenvalue weighted by atomic mass is 35.5. The molecule has 2 amide bonds. The highest BCUT2D eigenvalue weighted by molar-refractivity contribution is 6.35. The van der Waals surface area contributed by atoms with Gasteiger partial charge in [0.15, 0.2) is 0 Å². The quantitative estimate of drug-likeness (QED) is 0.449. The summed E-state index contributed by atoms with van der Waals surface area (Å²) in [5, 5.41) is 13.0. The van der Waals surface area contributed by atoms with Gasteiger partial charge in [-0.3, -0.25) is 24.3 Å². The van der Waals surface area contributed by atoms with E-state index in [-0.39, 0.29) is 18.4 Å². The molecule has 7 nitrogen and oxygen atoms in total. The van der Waals surface area contributed by atoms with Crippen LogP contribution in [0.5, 0.6) is 5.75 Å². The minimum Gasteiger partial charge on any atom is -0.489 e. The van der Waals surface area contributed by atoms with Crippen molar-refractivity contribution < 1.29 is 19.4 Å². The normalized spacial score (nSPS) is 17.6. The first-order chi connectivity index (χ1) is 17.4. The van der Waals surface area contributed by atoms with Gasteiger partial charge in [0.05, 0.1) is 5.02 Å². The van der Waals surface area contributed by atoms with Crippen molar-refractivity contribution in [2.24, 2.45) is 0 Å². The lowest BCUT2D eigenvalue weighted by molar-refractivity contribution is 0.0416. The number of imide groups is 1. The van der Waals surface area contributed by atoms with E-state index in [4.69, 9.17) is 27.9 Å². The van der Waals surface area contributed by atoms with E-state index in [9.17, 15) is 14.7 Å². The Kier molecular flexibility index (Phi) is 7.46. The molecule has 1 saturated heterocycles. The Morgan fingerprint density at radius 3 is 2.14 bits per heavy atom. The number of amides is 2. The van der Waals surface area contributed by atoms with E-state index in [1.807, 2.05) is 24.3 Å². The van der Waals surface area contributed by atoms with Crippen molar-refractivity contribution >= 4 is 45.8 Å². The van der Waals surface area contributed by atoms with E-state index in [1.165, 1.54) is 4.90 Å². The summed E-state index contributed by atoms with van der Waals surface area (Å²) >= 11 is 12.0. The molecule has 5 rings (SSSR count). The second-order valence-electron chi connectivity index (χ2n) is 9.15. The summed E-state index contributed by atoms with van der Waals surface area (Å²) in [5.41, 5.74) is 1.17. The van der Waals surface area contributed by atoms with Crippen LogP contribution in [0.25, 0.3) is 10.8 Å². The molecule has 1 atom stereocenters. The van der Waals surface area contributed by atoms with Gasteiger partial charge in [0.25, 0.3) is 11.8 Å². The number of halogens is 2. The lowest BCUT2D eigenvalue weighted by Gasteiger charge is -2.36. The van der Waals surface area contributed by atoms with Crippen molar-refractivity contribution in [2.75, 3.05) is 52.4 Å². The van der Waals surface area contributed by atoms with Gasteiger partial charge in [0.2, 0.25) is 0 Å². The largest absolute Gasteiger partial charge is 0.489 e. The summed E-state index contributed by atoms with van der Waals surface area (Å²) in [7, 11) is 0. The number of nitrogens with zero attached hydrogens (tertiary/aromatic N) is 3. The standard InChI is InChI=1S/C27H27Cl2N3O4/c28-19-7-8-24(23(29)15-19)36-17-20(33)16-31-11-9-30(10-12-31)13-14-32-26(34)21-5-1-3-18-4-2-6-22(25(18)21)27(32)35/h1-8,15,20,33H,9-14,16-17H2/t20-/m0/s1. The van der Waals surface area contributed by atoms with Crippen molar-refractivity contribution in [1.29, 1.82) is 0 Å². The first-order valence-electron chi connectivity index (χ1n) is 12.0. The minimum absolute atomic E-state index is 0.134. The Morgan fingerprint density at radius 1 is 0.861 bits per heavy atom. The van der Waals surface area contributed by atoms with Gasteiger partial charge in [0, 0.05) is 67.3 Å². The average Bonchev–Trinajstić information content (AvgIpc) is 2.87. The van der Waals surface area contributed by atoms with Gasteiger partial charge in [-0.2, -0.15) is 0 Å². The lowest BCUT2D eigenvalue weighted by Crippen LogP contribution is -2.51. The number of rotatable bonds is 8. The van der Waals surface area contributed by atoms with Crippen LogP contribution in [0.2, 0.25) is 10.0 Å². The Labute approximate surface area is 219 Å². The van der Waals surface area contributed by atoms with Crippen LogP contribution in [0.1, 0.15) is 20.7 Å². The second-order valence-corrected chi connectivity index (χ2v) is 10.00. The monoisotopic (exact) mass is 527 g/mol. The third kappa shape index (κ3) is 5.21. The third-order valence-electron chi connectivity index (χ3n) is 6.75. The van der Waals surface area contributed by atoms with E-state index < -0.39 is 6.10 Å². The first kappa shape index (κ1) is 25.0. The molecule has 2 aliphatic heterocycles. The van der Waals surface area contributed by atoms with Crippen molar-refractivity contribution in [3.05, 3.63) is 75.8 Å². The fourth-order valence-electron chi connectivity index (χ4n) is 4.85. The number of β-amino-alcohol motifs (C(OH)–C–C–N with tert-alkyl or cyclic N) is 1. The maximum atomic E-state index is 13.1. The Hall–Kier alpha value is -2.68. The maximum Gasteiger partial charge on any atom is 0.261 e. The fourth-order valence-corrected chi connectivity index (χ4v) is 5.31. The number of carbonyl (C=O) groups is 2. The molecule has 1 fully saturated rings. The molecular formula is C27H27Cl2N3O4. The zero-order valence-corrected chi connectivity index (χ0v) is 21.2. The number of hydrogen-bond acceptors (Lipinski definition) is 6. The highest BCUT2D eigenvalue weighted by Gasteiger charge is 2.33. The van der Waals surface area contributed by atoms with Crippen molar-refractivity contribution in [2.45, 2.75) is 6.10 Å². The van der Waals surface area contributed by atoms with Gasteiger partial charge in [-0.25, -0.2) is 0 Å². The van der Waals surface area contributed by atoms with Crippen LogP contribution in [-0.4, -0.2) is 90.1 Å². The summed E-state index contributed by atoms with van der Waals surface area (Å²) in [6, 6.07) is 16.1. The van der Waals surface area contributed by atoms with Crippen LogP contribution < -0.4 is 4.74 Å². The highest BCUT2D eigenvalue weighted by Crippen LogP contribution is 2.30. The number of piperazine rings is 1. The van der Waals surface area contributed by atoms with Gasteiger partial charge < -0.3 is 9.84 Å². The van der Waals surface area contributed by atoms with Crippen LogP contribution >= 0.6 is 23.2 Å². The molecule has 0 saturated carbocycles. The number of hydrogen-bond donors (Lipinski definition) is 1. The minimum atomic E-state index is -0.658. The van der Waals surface area contributed by atoms with Crippen LogP contribution in [0.4, 0.5) is 0 Å². The number of carbonyl (C=O) groups excluding carboxylic acids is 2. The van der Waals surface area contributed by atoms with Crippen LogP contribution in [-0.2, 0) is 0 Å². The van der Waals surface area contributed by atoms with Gasteiger partial charge in [-0.1, -0.05) is 47.5 Å². The SMILES string of the molecule is O=C1c2cccc3cccc(c23)C(=O)N1CCN1CCN(C[C@H](O)COc2ccc(Cl)cc2Cl)CC1. The average molecular weight is 528 g/mol. The van der Waals surface area contributed by atoms with Crippen molar-refractivity contribution in [1.82, 2.24) is 14.7 Å². The van der Waals surface area contributed by atoms with E-state index >= 15 is 0 Å². The lowest BCUT2D eigenvalue weighted by atomic mass is 9.94. The van der Waals surface area contributed by atoms with Crippen molar-refractivity contribution in [3.8, 4) is 5.75 Å². The van der Waals surface area contributed by atoms with Gasteiger partial charge in [-0.05, 0) is 35.7 Å². The smallest absolute Gasteiger partial charge is 0.261 e. The first-order valence-corrected chi connectivity index (χ1v) is 12.7. The summed E-state index contributed by atoms with van der Waals surface area (Å²) in [6.45, 7) is 4.73. The second kappa shape index (κ2) is 10.7. The maximum absolute atomic E-state index is 13.1. The van der Waals surface area contributed by atoms with Gasteiger partial charge in [0.1, 0.15) is 18.5 Å². The van der Waals surface area contributed by atoms with Gasteiger partial charge in [-0.15, -0.1) is 0 Å². The van der Waals surface area contributed by atoms with Crippen LogP contribution in [0.15, 0.2) is 54.6 Å². The Balaban J connectivity index is 1.10. The van der Waals surface area contributed by atoms with Gasteiger partial charge >= 0.3 is 0 Å². The van der Waals surface area contributed by atoms with E-state index in [2.05, 4.69) is 9.80 Å². The molecule has 1 N–H and O–H groups in total. The zero-order valence-electron chi connectivity index (χ0n) is 19.7. The van der Waals surface area contributed by atoms with Crippen LogP contribution in [0, 0.1) is 0 Å². The van der Waals surface area contributed by atoms with E-state index in [1.54, 1.807) is 30.3 Å². The predicted octanol–water partition coefficient (Wildman–Crippen LogP) is 3.80. The number of aliphatic hydroxyl groups is 1. The van der Waals surface area contributed by atoms with Crippen LogP contribution in [0.3, 0.4) is 0 Å². The molecule has 0 aliphatic carbocycles. The summed E-state index contributed by atoms with van der Waals surface area (Å²) in [6.07, 6.45) is -0.658. The third-order valence-corrected chi connectivity index (χ3v) is 7.29. The topological polar surface area (TPSA) is 73.3 Å². The molecule has 36 heavy (non-hydrogen) atoms. The fraction of sp³-hybridized carbons (Fsp3) is 0.333. The Morgan fingerprint density at radius 2 is 1.50 bits per heavy atom. The van der Waals surface area contributed by atoms with Crippen molar-refractivity contribution in [3.63, 3.8) is 0 Å². The molecule has 0 bridgehead atoms. The molecule has 3 aromatic carbocycles. The Bertz CT molecular complexity index is 1240. The molecule has 0 aromatic heterocycles. The molecular weight excluding hydrogens is 501 g/mol. The molecule has 0 unspecified atom stereocenters. The molecule has 2 aliphatic rings. The number of ether oxygens (including phenoxy) is 1. The van der Waals surface area contributed by atoms with E-state index in [0.29, 0.717) is 46.6 Å². The molecule has 0 spiro atoms. The number of benzene rings is 3. The van der Waals surface area contributed by atoms with E-state index in [0.717, 1.165) is 37.0 Å². The zero-order chi connectivity index (χ0) is 25.2. The summed E-state index contributed by atoms with van der Waals surface area (Å²) in [5.74, 6) is 0.0318. The predicted molar refractivity (Wildman–Crippen MR) is 140 cm³/mol. The molecule has 3 aromatic rings. The number of aliphatic hydroxyl groups excluding tert-OH is 1.